The quantitative estimate of drug-likeness (QED) is 0.818. The SMILES string of the molecule is FC(F)c1cc2nc(Br)[nH]c2cc1CBr. The summed E-state index contributed by atoms with van der Waals surface area (Å²) in [7, 11) is 0. The van der Waals surface area contributed by atoms with Crippen LogP contribution in [0.5, 0.6) is 0 Å². The van der Waals surface area contributed by atoms with Crippen LogP contribution in [0.4, 0.5) is 8.78 Å². The van der Waals surface area contributed by atoms with Gasteiger partial charge in [0.05, 0.1) is 11.0 Å². The molecule has 0 aliphatic carbocycles. The molecule has 0 aliphatic heterocycles. The van der Waals surface area contributed by atoms with Crippen molar-refractivity contribution in [2.75, 3.05) is 0 Å². The van der Waals surface area contributed by atoms with E-state index in [9.17, 15) is 8.78 Å². The second kappa shape index (κ2) is 4.17. The largest absolute Gasteiger partial charge is 0.332 e. The number of halogens is 4. The molecule has 15 heavy (non-hydrogen) atoms. The molecule has 0 bridgehead atoms. The molecule has 1 aromatic heterocycles. The number of aromatic nitrogens is 2. The van der Waals surface area contributed by atoms with Crippen LogP contribution in [0.2, 0.25) is 0 Å². The number of nitrogens with one attached hydrogen (secondary N) is 1. The molecule has 0 spiro atoms. The van der Waals surface area contributed by atoms with Gasteiger partial charge in [-0.15, -0.1) is 0 Å². The Morgan fingerprint density at radius 2 is 2.13 bits per heavy atom. The van der Waals surface area contributed by atoms with Gasteiger partial charge in [-0.25, -0.2) is 13.8 Å². The van der Waals surface area contributed by atoms with Crippen molar-refractivity contribution in [2.45, 2.75) is 11.8 Å². The molecule has 2 aromatic rings. The van der Waals surface area contributed by atoms with E-state index in [0.717, 1.165) is 5.52 Å². The first kappa shape index (κ1) is 11.0. The van der Waals surface area contributed by atoms with Crippen molar-refractivity contribution in [3.05, 3.63) is 28.0 Å². The van der Waals surface area contributed by atoms with Crippen molar-refractivity contribution < 1.29 is 8.78 Å². The zero-order valence-electron chi connectivity index (χ0n) is 7.40. The van der Waals surface area contributed by atoms with E-state index in [2.05, 4.69) is 41.8 Å². The van der Waals surface area contributed by atoms with E-state index in [0.29, 0.717) is 21.1 Å². The second-order valence-corrected chi connectivity index (χ2v) is 4.34. The lowest BCUT2D eigenvalue weighted by molar-refractivity contribution is 0.150. The molecule has 0 saturated carbocycles. The second-order valence-electron chi connectivity index (χ2n) is 3.03. The number of nitrogens with zero attached hydrogens (tertiary/aromatic N) is 1. The first-order valence-corrected chi connectivity index (χ1v) is 6.05. The van der Waals surface area contributed by atoms with Gasteiger partial charge in [-0.1, -0.05) is 15.9 Å². The summed E-state index contributed by atoms with van der Waals surface area (Å²) in [5, 5.41) is 0.402. The molecule has 0 saturated heterocycles. The van der Waals surface area contributed by atoms with Gasteiger partial charge in [0.2, 0.25) is 0 Å². The monoisotopic (exact) mass is 338 g/mol. The molecule has 0 amide bonds. The Labute approximate surface area is 101 Å². The van der Waals surface area contributed by atoms with Gasteiger partial charge < -0.3 is 4.98 Å². The fourth-order valence-electron chi connectivity index (χ4n) is 1.41. The fraction of sp³-hybridized carbons (Fsp3) is 0.222. The van der Waals surface area contributed by atoms with E-state index in [1.54, 1.807) is 6.07 Å². The van der Waals surface area contributed by atoms with Crippen molar-refractivity contribution in [3.63, 3.8) is 0 Å². The Balaban J connectivity index is 2.68. The van der Waals surface area contributed by atoms with Crippen LogP contribution in [0.25, 0.3) is 11.0 Å². The lowest BCUT2D eigenvalue weighted by Crippen LogP contribution is -1.92. The number of fused-ring (bicyclic) bond motifs is 1. The van der Waals surface area contributed by atoms with Crippen molar-refractivity contribution >= 4 is 42.9 Å². The molecular weight excluding hydrogens is 334 g/mol. The molecule has 1 aromatic carbocycles. The molecule has 0 fully saturated rings. The zero-order valence-corrected chi connectivity index (χ0v) is 10.6. The molecule has 6 heteroatoms. The molecule has 2 nitrogen and oxygen atoms in total. The Kier molecular flexibility index (Phi) is 3.06. The number of hydrogen-bond acceptors (Lipinski definition) is 1. The summed E-state index contributed by atoms with van der Waals surface area (Å²) < 4.78 is 25.9. The van der Waals surface area contributed by atoms with Crippen LogP contribution in [-0.4, -0.2) is 9.97 Å². The van der Waals surface area contributed by atoms with Crippen LogP contribution in [0.3, 0.4) is 0 Å². The van der Waals surface area contributed by atoms with Gasteiger partial charge in [0.1, 0.15) is 0 Å². The summed E-state index contributed by atoms with van der Waals surface area (Å²) in [6.45, 7) is 0. The summed E-state index contributed by atoms with van der Waals surface area (Å²) in [5.74, 6) is 0. The zero-order chi connectivity index (χ0) is 11.0. The normalized spacial score (nSPS) is 11.5. The lowest BCUT2D eigenvalue weighted by Gasteiger charge is -2.05. The number of hydrogen-bond donors (Lipinski definition) is 1. The minimum absolute atomic E-state index is 0.0263. The smallest absolute Gasteiger partial charge is 0.264 e. The Morgan fingerprint density at radius 1 is 1.40 bits per heavy atom. The van der Waals surface area contributed by atoms with Crippen molar-refractivity contribution in [2.24, 2.45) is 0 Å². The standard InChI is InChI=1S/C9H6Br2F2N2/c10-3-4-1-6-7(15-9(11)14-6)2-5(4)8(12)13/h1-2,8H,3H2,(H,14,15). The summed E-state index contributed by atoms with van der Waals surface area (Å²) in [6, 6.07) is 3.10. The average Bonchev–Trinajstić information content (AvgIpc) is 2.54. The highest BCUT2D eigenvalue weighted by atomic mass is 79.9. The van der Waals surface area contributed by atoms with Gasteiger partial charge >= 0.3 is 0 Å². The summed E-state index contributed by atoms with van der Waals surface area (Å²) in [6.07, 6.45) is -2.47. The van der Waals surface area contributed by atoms with Gasteiger partial charge in [-0.3, -0.25) is 0 Å². The number of imidazole rings is 1. The highest BCUT2D eigenvalue weighted by Crippen LogP contribution is 2.29. The van der Waals surface area contributed by atoms with E-state index >= 15 is 0 Å². The molecule has 0 atom stereocenters. The molecule has 0 aliphatic rings. The summed E-state index contributed by atoms with van der Waals surface area (Å²) in [4.78, 5) is 6.98. The Morgan fingerprint density at radius 3 is 2.73 bits per heavy atom. The number of alkyl halides is 3. The van der Waals surface area contributed by atoms with Crippen LogP contribution in [0.15, 0.2) is 16.9 Å². The first-order chi connectivity index (χ1) is 7.11. The van der Waals surface area contributed by atoms with Crippen molar-refractivity contribution in [1.82, 2.24) is 9.97 Å². The molecule has 0 radical (unpaired) electrons. The molecule has 1 heterocycles. The predicted octanol–water partition coefficient (Wildman–Crippen LogP) is 4.16. The number of H-pyrrole nitrogens is 1. The van der Waals surface area contributed by atoms with Crippen LogP contribution < -0.4 is 0 Å². The number of rotatable bonds is 2. The molecule has 1 N–H and O–H groups in total. The van der Waals surface area contributed by atoms with Crippen LogP contribution in [0.1, 0.15) is 17.6 Å². The van der Waals surface area contributed by atoms with Crippen LogP contribution >= 0.6 is 31.9 Å². The van der Waals surface area contributed by atoms with E-state index in [1.807, 2.05) is 0 Å². The van der Waals surface area contributed by atoms with Gasteiger partial charge in [-0.05, 0) is 33.6 Å². The van der Waals surface area contributed by atoms with Gasteiger partial charge in [0.25, 0.3) is 6.43 Å². The number of benzene rings is 1. The minimum Gasteiger partial charge on any atom is -0.332 e. The number of aromatic amines is 1. The van der Waals surface area contributed by atoms with Crippen LogP contribution in [0, 0.1) is 0 Å². The van der Waals surface area contributed by atoms with Gasteiger partial charge in [-0.2, -0.15) is 0 Å². The van der Waals surface area contributed by atoms with Gasteiger partial charge in [0, 0.05) is 10.9 Å². The fourth-order valence-corrected chi connectivity index (χ4v) is 2.30. The third-order valence-corrected chi connectivity index (χ3v) is 3.07. The topological polar surface area (TPSA) is 28.7 Å². The van der Waals surface area contributed by atoms with E-state index in [-0.39, 0.29) is 5.56 Å². The average molecular weight is 340 g/mol. The highest BCUT2D eigenvalue weighted by Gasteiger charge is 2.14. The van der Waals surface area contributed by atoms with Gasteiger partial charge in [0.15, 0.2) is 4.73 Å². The maximum atomic E-state index is 12.7. The third kappa shape index (κ3) is 2.06. The highest BCUT2D eigenvalue weighted by molar-refractivity contribution is 9.10. The maximum absolute atomic E-state index is 12.7. The Hall–Kier alpha value is -0.490. The predicted molar refractivity (Wildman–Crippen MR) is 61.4 cm³/mol. The minimum atomic E-state index is -2.47. The van der Waals surface area contributed by atoms with Crippen LogP contribution in [-0.2, 0) is 5.33 Å². The summed E-state index contributed by atoms with van der Waals surface area (Å²) >= 11 is 6.36. The van der Waals surface area contributed by atoms with E-state index in [1.165, 1.54) is 6.07 Å². The van der Waals surface area contributed by atoms with E-state index in [4.69, 9.17) is 0 Å². The third-order valence-electron chi connectivity index (χ3n) is 2.09. The first-order valence-electron chi connectivity index (χ1n) is 4.14. The Bertz CT molecular complexity index is 496. The summed E-state index contributed by atoms with van der Waals surface area (Å²) in [5.41, 5.74) is 1.90. The molecule has 2 rings (SSSR count). The lowest BCUT2D eigenvalue weighted by atomic mass is 10.1. The van der Waals surface area contributed by atoms with E-state index < -0.39 is 6.43 Å². The maximum Gasteiger partial charge on any atom is 0.264 e. The molecular formula is C9H6Br2F2N2. The van der Waals surface area contributed by atoms with Crippen molar-refractivity contribution in [3.8, 4) is 0 Å². The molecule has 80 valence electrons. The molecule has 0 unspecified atom stereocenters. The van der Waals surface area contributed by atoms with Crippen molar-refractivity contribution in [1.29, 1.82) is 0 Å².